The summed E-state index contributed by atoms with van der Waals surface area (Å²) >= 11 is 0. The molecule has 0 aromatic heterocycles. The summed E-state index contributed by atoms with van der Waals surface area (Å²) in [7, 11) is 3.43. The molecule has 0 radical (unpaired) electrons. The summed E-state index contributed by atoms with van der Waals surface area (Å²) in [5, 5.41) is 2.11. The lowest BCUT2D eigenvalue weighted by atomic mass is 10.1. The molecule has 4 heteroatoms. The van der Waals surface area contributed by atoms with E-state index in [4.69, 9.17) is 9.47 Å². The molecule has 0 heterocycles. The fraction of sp³-hybridized carbons (Fsp3) is 0.227. The smallest absolute Gasteiger partial charge is 0.260 e. The number of hydrogen-bond acceptors (Lipinski definition) is 3. The first-order valence-electron chi connectivity index (χ1n) is 8.55. The van der Waals surface area contributed by atoms with Crippen molar-refractivity contribution in [1.29, 1.82) is 0 Å². The molecule has 3 aromatic rings. The molecule has 0 aliphatic rings. The molecular weight excluding hydrogens is 326 g/mol. The summed E-state index contributed by atoms with van der Waals surface area (Å²) in [4.78, 5) is 14.0. The number of rotatable bonds is 6. The maximum Gasteiger partial charge on any atom is 0.260 e. The minimum Gasteiger partial charge on any atom is -0.497 e. The van der Waals surface area contributed by atoms with Crippen LogP contribution in [0.4, 0.5) is 0 Å². The fourth-order valence-electron chi connectivity index (χ4n) is 2.73. The number of benzene rings is 3. The third kappa shape index (κ3) is 4.33. The Bertz CT molecular complexity index is 903. The molecular formula is C22H23NO3. The van der Waals surface area contributed by atoms with Gasteiger partial charge in [0.05, 0.1) is 7.11 Å². The molecule has 0 saturated carbocycles. The van der Waals surface area contributed by atoms with E-state index in [1.54, 1.807) is 19.1 Å². The number of carbonyl (C=O) groups is 1. The van der Waals surface area contributed by atoms with Crippen LogP contribution < -0.4 is 9.47 Å². The van der Waals surface area contributed by atoms with Crippen LogP contribution in [0.3, 0.4) is 0 Å². The Labute approximate surface area is 154 Å². The maximum atomic E-state index is 12.3. The Hall–Kier alpha value is -3.01. The molecule has 0 spiro atoms. The number of likely N-dealkylation sites (N-methyl/N-ethyl adjacent to an activating group) is 1. The third-order valence-corrected chi connectivity index (χ3v) is 4.35. The fourth-order valence-corrected chi connectivity index (χ4v) is 2.73. The molecule has 3 rings (SSSR count). The van der Waals surface area contributed by atoms with Gasteiger partial charge in [0, 0.05) is 13.6 Å². The van der Waals surface area contributed by atoms with Gasteiger partial charge in [-0.05, 0) is 47.5 Å². The lowest BCUT2D eigenvalue weighted by molar-refractivity contribution is -0.132. The summed E-state index contributed by atoms with van der Waals surface area (Å²) < 4.78 is 10.9. The van der Waals surface area contributed by atoms with Crippen LogP contribution >= 0.6 is 0 Å². The SMILES string of the molecule is COc1ccc2ccc(OCC(=O)N(C)Cc3ccc(C)cc3)cc2c1. The van der Waals surface area contributed by atoms with E-state index in [1.807, 2.05) is 67.6 Å². The molecule has 0 N–H and O–H groups in total. The summed E-state index contributed by atoms with van der Waals surface area (Å²) in [5.41, 5.74) is 2.31. The zero-order valence-electron chi connectivity index (χ0n) is 15.4. The molecule has 0 atom stereocenters. The minimum atomic E-state index is -0.0590. The predicted octanol–water partition coefficient (Wildman–Crippen LogP) is 4.19. The molecule has 3 aromatic carbocycles. The zero-order chi connectivity index (χ0) is 18.5. The van der Waals surface area contributed by atoms with E-state index in [0.717, 1.165) is 22.1 Å². The van der Waals surface area contributed by atoms with Crippen LogP contribution in [0.2, 0.25) is 0 Å². The molecule has 1 amide bonds. The van der Waals surface area contributed by atoms with E-state index >= 15 is 0 Å². The summed E-state index contributed by atoms with van der Waals surface area (Å²) in [6, 6.07) is 19.8. The molecule has 26 heavy (non-hydrogen) atoms. The normalized spacial score (nSPS) is 10.6. The summed E-state index contributed by atoms with van der Waals surface area (Å²) in [6.45, 7) is 2.63. The number of methoxy groups -OCH3 is 1. The first-order valence-corrected chi connectivity index (χ1v) is 8.55. The topological polar surface area (TPSA) is 38.8 Å². The van der Waals surface area contributed by atoms with E-state index in [2.05, 4.69) is 0 Å². The molecule has 0 bridgehead atoms. The molecule has 0 fully saturated rings. The van der Waals surface area contributed by atoms with Crippen molar-refractivity contribution in [2.24, 2.45) is 0 Å². The van der Waals surface area contributed by atoms with E-state index in [1.165, 1.54) is 5.56 Å². The average Bonchev–Trinajstić information content (AvgIpc) is 2.67. The van der Waals surface area contributed by atoms with Crippen molar-refractivity contribution in [3.8, 4) is 11.5 Å². The molecule has 0 saturated heterocycles. The Balaban J connectivity index is 1.61. The highest BCUT2D eigenvalue weighted by molar-refractivity contribution is 5.85. The van der Waals surface area contributed by atoms with Gasteiger partial charge in [-0.1, -0.05) is 42.0 Å². The Morgan fingerprint density at radius 2 is 1.58 bits per heavy atom. The van der Waals surface area contributed by atoms with Gasteiger partial charge in [0.25, 0.3) is 5.91 Å². The van der Waals surface area contributed by atoms with Gasteiger partial charge in [-0.2, -0.15) is 0 Å². The first kappa shape index (κ1) is 17.8. The van der Waals surface area contributed by atoms with Crippen molar-refractivity contribution < 1.29 is 14.3 Å². The summed E-state index contributed by atoms with van der Waals surface area (Å²) in [5.74, 6) is 1.41. The van der Waals surface area contributed by atoms with Crippen LogP contribution in [-0.4, -0.2) is 31.6 Å². The second kappa shape index (κ2) is 7.91. The molecule has 134 valence electrons. The van der Waals surface area contributed by atoms with Crippen LogP contribution in [0, 0.1) is 6.92 Å². The van der Waals surface area contributed by atoms with Crippen molar-refractivity contribution in [3.05, 3.63) is 71.8 Å². The second-order valence-corrected chi connectivity index (χ2v) is 6.40. The average molecular weight is 349 g/mol. The van der Waals surface area contributed by atoms with Gasteiger partial charge in [0.2, 0.25) is 0 Å². The zero-order valence-corrected chi connectivity index (χ0v) is 15.4. The van der Waals surface area contributed by atoms with Crippen LogP contribution in [-0.2, 0) is 11.3 Å². The van der Waals surface area contributed by atoms with Crippen molar-refractivity contribution >= 4 is 16.7 Å². The Morgan fingerprint density at radius 3 is 2.27 bits per heavy atom. The van der Waals surface area contributed by atoms with Gasteiger partial charge in [-0.25, -0.2) is 0 Å². The second-order valence-electron chi connectivity index (χ2n) is 6.40. The highest BCUT2D eigenvalue weighted by Crippen LogP contribution is 2.25. The first-order chi connectivity index (χ1) is 12.5. The lowest BCUT2D eigenvalue weighted by Gasteiger charge is -2.18. The Morgan fingerprint density at radius 1 is 0.923 bits per heavy atom. The van der Waals surface area contributed by atoms with Gasteiger partial charge >= 0.3 is 0 Å². The lowest BCUT2D eigenvalue weighted by Crippen LogP contribution is -2.30. The maximum absolute atomic E-state index is 12.3. The number of ether oxygens (including phenoxy) is 2. The van der Waals surface area contributed by atoms with Gasteiger partial charge in [-0.15, -0.1) is 0 Å². The van der Waals surface area contributed by atoms with Crippen molar-refractivity contribution in [1.82, 2.24) is 4.90 Å². The Kier molecular flexibility index (Phi) is 5.42. The van der Waals surface area contributed by atoms with Crippen LogP contribution in [0.1, 0.15) is 11.1 Å². The van der Waals surface area contributed by atoms with Gasteiger partial charge in [0.15, 0.2) is 6.61 Å². The quantitative estimate of drug-likeness (QED) is 0.670. The van der Waals surface area contributed by atoms with Gasteiger partial charge in [0.1, 0.15) is 11.5 Å². The van der Waals surface area contributed by atoms with Crippen molar-refractivity contribution in [3.63, 3.8) is 0 Å². The largest absolute Gasteiger partial charge is 0.497 e. The van der Waals surface area contributed by atoms with E-state index < -0.39 is 0 Å². The predicted molar refractivity (Wildman–Crippen MR) is 104 cm³/mol. The highest BCUT2D eigenvalue weighted by Gasteiger charge is 2.10. The molecule has 4 nitrogen and oxygen atoms in total. The molecule has 0 unspecified atom stereocenters. The number of fused-ring (bicyclic) bond motifs is 1. The van der Waals surface area contributed by atoms with Crippen LogP contribution in [0.25, 0.3) is 10.8 Å². The number of amides is 1. The number of hydrogen-bond donors (Lipinski definition) is 0. The highest BCUT2D eigenvalue weighted by atomic mass is 16.5. The van der Waals surface area contributed by atoms with E-state index in [0.29, 0.717) is 12.3 Å². The number of aryl methyl sites for hydroxylation is 1. The van der Waals surface area contributed by atoms with E-state index in [-0.39, 0.29) is 12.5 Å². The molecule has 0 aliphatic carbocycles. The third-order valence-electron chi connectivity index (χ3n) is 4.35. The van der Waals surface area contributed by atoms with Gasteiger partial charge in [-0.3, -0.25) is 4.79 Å². The van der Waals surface area contributed by atoms with Crippen LogP contribution in [0.15, 0.2) is 60.7 Å². The number of carbonyl (C=O) groups excluding carboxylic acids is 1. The summed E-state index contributed by atoms with van der Waals surface area (Å²) in [6.07, 6.45) is 0. The van der Waals surface area contributed by atoms with Crippen LogP contribution in [0.5, 0.6) is 11.5 Å². The van der Waals surface area contributed by atoms with E-state index in [9.17, 15) is 4.79 Å². The van der Waals surface area contributed by atoms with Gasteiger partial charge < -0.3 is 14.4 Å². The number of nitrogens with zero attached hydrogens (tertiary/aromatic N) is 1. The monoisotopic (exact) mass is 349 g/mol. The van der Waals surface area contributed by atoms with Crippen molar-refractivity contribution in [2.45, 2.75) is 13.5 Å². The minimum absolute atomic E-state index is 0.0117. The molecule has 0 aliphatic heterocycles. The van der Waals surface area contributed by atoms with Crippen molar-refractivity contribution in [2.75, 3.05) is 20.8 Å². The standard InChI is InChI=1S/C22H23NO3/c1-16-4-6-17(7-5-16)14-23(2)22(24)15-26-21-11-9-18-8-10-20(25-3)12-19(18)13-21/h4-13H,14-15H2,1-3H3.